The standard InChI is InChI=1S/C61H40NOPS/c63-64(45-18-3-1-4-19-45,46-20-5-2-6-21-46)47-35-31-43(32-36-47)61(44-33-37-48(38-34-44)65-58-40-42-17-8-9-22-49(42)51-24-11-12-25-52(51)58)54-27-13-14-29-56(54)62-57-39-30-41-16-7-10-23-50(41)59(57)53-26-15-28-55(61)60(53)62/h1-40H. The van der Waals surface area contributed by atoms with Crippen molar-refractivity contribution < 1.29 is 4.57 Å². The van der Waals surface area contributed by atoms with Crippen LogP contribution < -0.4 is 15.9 Å². The Hall–Kier alpha value is -7.42. The molecule has 1 aromatic heterocycles. The minimum Gasteiger partial charge on any atom is -0.309 e. The molecule has 0 aliphatic carbocycles. The van der Waals surface area contributed by atoms with Gasteiger partial charge < -0.3 is 9.13 Å². The van der Waals surface area contributed by atoms with Gasteiger partial charge in [0.1, 0.15) is 0 Å². The second-order valence-electron chi connectivity index (χ2n) is 17.1. The van der Waals surface area contributed by atoms with Crippen molar-refractivity contribution in [2.45, 2.75) is 15.2 Å². The van der Waals surface area contributed by atoms with E-state index in [0.29, 0.717) is 0 Å². The van der Waals surface area contributed by atoms with Crippen molar-refractivity contribution in [1.82, 2.24) is 4.57 Å². The molecule has 0 saturated carbocycles. The van der Waals surface area contributed by atoms with E-state index in [1.54, 1.807) is 0 Å². The number of para-hydroxylation sites is 2. The topological polar surface area (TPSA) is 22.0 Å². The molecule has 1 aliphatic rings. The van der Waals surface area contributed by atoms with Gasteiger partial charge in [0.2, 0.25) is 0 Å². The summed E-state index contributed by atoms with van der Waals surface area (Å²) in [6.45, 7) is 0. The number of rotatable bonds is 7. The van der Waals surface area contributed by atoms with Gasteiger partial charge in [0.15, 0.2) is 7.14 Å². The van der Waals surface area contributed by atoms with Crippen LogP contribution in [-0.2, 0) is 9.98 Å². The van der Waals surface area contributed by atoms with Gasteiger partial charge in [-0.15, -0.1) is 0 Å². The van der Waals surface area contributed by atoms with Crippen LogP contribution in [0.3, 0.4) is 0 Å². The predicted octanol–water partition coefficient (Wildman–Crippen LogP) is 14.7. The molecule has 1 aliphatic heterocycles. The Labute approximate surface area is 381 Å². The molecule has 1 atom stereocenters. The SMILES string of the molecule is O=P(c1ccccc1)(c1ccccc1)c1ccc(C2(c3ccc(Sc4cc5ccccc5c5ccccc45)cc3)c3ccccc3-n3c4ccc5ccccc5c4c4cccc2c43)cc1. The molecule has 0 saturated heterocycles. The van der Waals surface area contributed by atoms with Crippen LogP contribution in [0.1, 0.15) is 22.3 Å². The summed E-state index contributed by atoms with van der Waals surface area (Å²) in [6, 6.07) is 86.9. The molecular formula is C61H40NOPS. The molecule has 1 unspecified atom stereocenters. The van der Waals surface area contributed by atoms with E-state index in [-0.39, 0.29) is 0 Å². The van der Waals surface area contributed by atoms with E-state index in [2.05, 4.69) is 187 Å². The lowest BCUT2D eigenvalue weighted by molar-refractivity contribution is 0.592. The summed E-state index contributed by atoms with van der Waals surface area (Å²) in [7, 11) is -3.22. The van der Waals surface area contributed by atoms with Gasteiger partial charge in [0.05, 0.1) is 22.1 Å². The Kier molecular flexibility index (Phi) is 8.68. The molecule has 306 valence electrons. The average molecular weight is 866 g/mol. The second kappa shape index (κ2) is 14.8. The molecular weight excluding hydrogens is 826 g/mol. The highest BCUT2D eigenvalue weighted by Gasteiger charge is 2.45. The van der Waals surface area contributed by atoms with Gasteiger partial charge in [-0.3, -0.25) is 0 Å². The van der Waals surface area contributed by atoms with Crippen molar-refractivity contribution in [3.05, 3.63) is 265 Å². The number of fused-ring (bicyclic) bond motifs is 10. The maximum atomic E-state index is 15.7. The monoisotopic (exact) mass is 865 g/mol. The lowest BCUT2D eigenvalue weighted by atomic mass is 9.63. The molecule has 0 spiro atoms. The largest absolute Gasteiger partial charge is 0.309 e. The van der Waals surface area contributed by atoms with Crippen molar-refractivity contribution >= 4 is 88.9 Å². The summed E-state index contributed by atoms with van der Waals surface area (Å²) in [5.74, 6) is 0. The molecule has 4 heteroatoms. The molecule has 0 bridgehead atoms. The van der Waals surface area contributed by atoms with Crippen molar-refractivity contribution in [3.8, 4) is 5.69 Å². The summed E-state index contributed by atoms with van der Waals surface area (Å²) in [5, 5.41) is 12.5. The zero-order valence-electron chi connectivity index (χ0n) is 35.3. The number of benzene rings is 11. The van der Waals surface area contributed by atoms with E-state index < -0.39 is 12.6 Å². The summed E-state index contributed by atoms with van der Waals surface area (Å²) in [6.07, 6.45) is 0. The molecule has 0 N–H and O–H groups in total. The summed E-state index contributed by atoms with van der Waals surface area (Å²) >= 11 is 1.82. The summed E-state index contributed by atoms with van der Waals surface area (Å²) in [5.41, 5.74) is 7.56. The molecule has 0 amide bonds. The third-order valence-corrected chi connectivity index (χ3v) is 17.9. The molecule has 2 heterocycles. The Morgan fingerprint density at radius 3 is 1.66 bits per heavy atom. The molecule has 65 heavy (non-hydrogen) atoms. The average Bonchev–Trinajstić information content (AvgIpc) is 3.73. The lowest BCUT2D eigenvalue weighted by Gasteiger charge is -2.42. The highest BCUT2D eigenvalue weighted by atomic mass is 32.2. The normalized spacial score (nSPS) is 14.6. The third kappa shape index (κ3) is 5.59. The van der Waals surface area contributed by atoms with Gasteiger partial charge in [-0.25, -0.2) is 0 Å². The minimum atomic E-state index is -3.22. The van der Waals surface area contributed by atoms with Gasteiger partial charge in [-0.1, -0.05) is 224 Å². The fourth-order valence-corrected chi connectivity index (χ4v) is 14.6. The summed E-state index contributed by atoms with van der Waals surface area (Å²) in [4.78, 5) is 2.41. The Morgan fingerprint density at radius 2 is 0.938 bits per heavy atom. The van der Waals surface area contributed by atoms with Crippen molar-refractivity contribution in [2.24, 2.45) is 0 Å². The van der Waals surface area contributed by atoms with Gasteiger partial charge in [-0.2, -0.15) is 0 Å². The predicted molar refractivity (Wildman–Crippen MR) is 275 cm³/mol. The molecule has 0 fully saturated rings. The van der Waals surface area contributed by atoms with Crippen LogP contribution in [0.4, 0.5) is 0 Å². The second-order valence-corrected chi connectivity index (χ2v) is 21.0. The first kappa shape index (κ1) is 38.1. The zero-order valence-corrected chi connectivity index (χ0v) is 37.0. The van der Waals surface area contributed by atoms with Gasteiger partial charge >= 0.3 is 0 Å². The Balaban J connectivity index is 1.06. The molecule has 11 aromatic carbocycles. The number of nitrogens with zero attached hydrogens (tertiary/aromatic N) is 1. The highest BCUT2D eigenvalue weighted by molar-refractivity contribution is 7.99. The van der Waals surface area contributed by atoms with Gasteiger partial charge in [0.25, 0.3) is 0 Å². The van der Waals surface area contributed by atoms with E-state index in [4.69, 9.17) is 0 Å². The molecule has 12 aromatic rings. The van der Waals surface area contributed by atoms with E-state index in [0.717, 1.165) is 27.2 Å². The first-order valence-electron chi connectivity index (χ1n) is 22.2. The van der Waals surface area contributed by atoms with Crippen LogP contribution in [0.2, 0.25) is 0 Å². The number of hydrogen-bond donors (Lipinski definition) is 0. The van der Waals surface area contributed by atoms with Crippen LogP contribution in [0.5, 0.6) is 0 Å². The number of hydrogen-bond acceptors (Lipinski definition) is 2. The number of aromatic nitrogens is 1. The minimum absolute atomic E-state index is 0.725. The first-order chi connectivity index (χ1) is 32.1. The smallest absolute Gasteiger partial charge is 0.171 e. The molecule has 0 radical (unpaired) electrons. The molecule has 2 nitrogen and oxygen atoms in total. The van der Waals surface area contributed by atoms with Crippen molar-refractivity contribution in [2.75, 3.05) is 0 Å². The van der Waals surface area contributed by atoms with Crippen molar-refractivity contribution in [3.63, 3.8) is 0 Å². The Bertz CT molecular complexity index is 3830. The quantitative estimate of drug-likeness (QED) is 0.118. The van der Waals surface area contributed by atoms with Gasteiger partial charge in [0, 0.05) is 36.5 Å². The molecule has 13 rings (SSSR count). The fraction of sp³-hybridized carbons (Fsp3) is 0.0164. The summed E-state index contributed by atoms with van der Waals surface area (Å²) < 4.78 is 18.2. The maximum Gasteiger partial charge on any atom is 0.171 e. The fourth-order valence-electron chi connectivity index (χ4n) is 11.0. The maximum absolute atomic E-state index is 15.7. The van der Waals surface area contributed by atoms with E-state index in [9.17, 15) is 0 Å². The van der Waals surface area contributed by atoms with Crippen molar-refractivity contribution in [1.29, 1.82) is 0 Å². The van der Waals surface area contributed by atoms with E-state index >= 15 is 4.57 Å². The van der Waals surface area contributed by atoms with E-state index in [1.165, 1.54) is 80.6 Å². The Morgan fingerprint density at radius 1 is 0.400 bits per heavy atom. The third-order valence-electron chi connectivity index (χ3n) is 13.8. The van der Waals surface area contributed by atoms with Crippen LogP contribution in [0.25, 0.3) is 59.8 Å². The van der Waals surface area contributed by atoms with Gasteiger partial charge in [-0.05, 0) is 84.9 Å². The van der Waals surface area contributed by atoms with E-state index in [1.807, 2.05) is 72.4 Å². The van der Waals surface area contributed by atoms with Crippen LogP contribution in [-0.4, -0.2) is 4.57 Å². The highest BCUT2D eigenvalue weighted by Crippen LogP contribution is 2.55. The zero-order chi connectivity index (χ0) is 43.1. The first-order valence-corrected chi connectivity index (χ1v) is 24.7. The van der Waals surface area contributed by atoms with Crippen LogP contribution in [0, 0.1) is 0 Å². The van der Waals surface area contributed by atoms with Crippen LogP contribution in [0.15, 0.2) is 252 Å². The lowest BCUT2D eigenvalue weighted by Crippen LogP contribution is -2.35. The van der Waals surface area contributed by atoms with Crippen LogP contribution >= 0.6 is 18.9 Å².